The van der Waals surface area contributed by atoms with Crippen LogP contribution >= 0.6 is 11.6 Å². The van der Waals surface area contributed by atoms with Crippen molar-refractivity contribution in [3.8, 4) is 5.75 Å². The summed E-state index contributed by atoms with van der Waals surface area (Å²) in [6.07, 6.45) is 1.74. The summed E-state index contributed by atoms with van der Waals surface area (Å²) >= 11 is 5.97. The van der Waals surface area contributed by atoms with Crippen molar-refractivity contribution < 1.29 is 19.1 Å². The number of methoxy groups -OCH3 is 1. The standard InChI is InChI=1S/C23H21ClN2O4/c1-30-16-10-4-13(5-11-16)21(27)20-19-18(17-3-2-12-25(17)20)22(28)26(23(19)29)15-8-6-14(24)7-9-15/h4-11,17-20H,2-3,12H2,1H3/t17-,18+,19+,20-/m0/s1. The molecule has 30 heavy (non-hydrogen) atoms. The Morgan fingerprint density at radius 3 is 2.33 bits per heavy atom. The Morgan fingerprint density at radius 1 is 1.00 bits per heavy atom. The van der Waals surface area contributed by atoms with E-state index in [1.54, 1.807) is 55.6 Å². The minimum Gasteiger partial charge on any atom is -0.497 e. The Kier molecular flexibility index (Phi) is 4.64. The number of nitrogens with zero attached hydrogens (tertiary/aromatic N) is 2. The molecule has 3 fully saturated rings. The quantitative estimate of drug-likeness (QED) is 0.557. The van der Waals surface area contributed by atoms with E-state index in [0.29, 0.717) is 22.0 Å². The number of rotatable bonds is 4. The Hall–Kier alpha value is -2.70. The number of amides is 2. The molecule has 2 aromatic carbocycles. The monoisotopic (exact) mass is 424 g/mol. The maximum atomic E-state index is 13.5. The van der Waals surface area contributed by atoms with Gasteiger partial charge in [0, 0.05) is 16.6 Å². The number of hydrogen-bond donors (Lipinski definition) is 0. The zero-order valence-electron chi connectivity index (χ0n) is 16.5. The van der Waals surface area contributed by atoms with Gasteiger partial charge in [0.25, 0.3) is 0 Å². The predicted molar refractivity (Wildman–Crippen MR) is 112 cm³/mol. The first-order valence-corrected chi connectivity index (χ1v) is 10.5. The van der Waals surface area contributed by atoms with Gasteiger partial charge in [0.2, 0.25) is 11.8 Å². The molecule has 4 atom stereocenters. The van der Waals surface area contributed by atoms with Crippen molar-refractivity contribution in [2.24, 2.45) is 11.8 Å². The van der Waals surface area contributed by atoms with Gasteiger partial charge in [0.1, 0.15) is 5.75 Å². The van der Waals surface area contributed by atoms with Crippen LogP contribution in [-0.4, -0.2) is 48.2 Å². The number of hydrogen-bond acceptors (Lipinski definition) is 5. The highest BCUT2D eigenvalue weighted by molar-refractivity contribution is 6.31. The van der Waals surface area contributed by atoms with Gasteiger partial charge in [-0.3, -0.25) is 19.3 Å². The molecule has 0 unspecified atom stereocenters. The third kappa shape index (κ3) is 2.78. The van der Waals surface area contributed by atoms with Gasteiger partial charge >= 0.3 is 0 Å². The number of fused-ring (bicyclic) bond motifs is 3. The van der Waals surface area contributed by atoms with Crippen molar-refractivity contribution in [2.45, 2.75) is 24.9 Å². The van der Waals surface area contributed by atoms with Crippen molar-refractivity contribution in [3.05, 3.63) is 59.1 Å². The fraction of sp³-hybridized carbons (Fsp3) is 0.348. The molecule has 0 radical (unpaired) electrons. The van der Waals surface area contributed by atoms with Crippen LogP contribution in [0, 0.1) is 11.8 Å². The first-order chi connectivity index (χ1) is 14.5. The summed E-state index contributed by atoms with van der Waals surface area (Å²) < 4.78 is 5.18. The van der Waals surface area contributed by atoms with E-state index >= 15 is 0 Å². The van der Waals surface area contributed by atoms with Crippen molar-refractivity contribution >= 4 is 34.9 Å². The van der Waals surface area contributed by atoms with Gasteiger partial charge in [-0.1, -0.05) is 11.6 Å². The number of carbonyl (C=O) groups excluding carboxylic acids is 3. The average Bonchev–Trinajstić information content (AvgIpc) is 3.41. The molecule has 3 heterocycles. The largest absolute Gasteiger partial charge is 0.497 e. The van der Waals surface area contributed by atoms with Crippen molar-refractivity contribution in [3.63, 3.8) is 0 Å². The highest BCUT2D eigenvalue weighted by Gasteiger charge is 2.64. The van der Waals surface area contributed by atoms with Crippen LogP contribution in [-0.2, 0) is 9.59 Å². The molecule has 6 nitrogen and oxygen atoms in total. The molecule has 2 amide bonds. The Balaban J connectivity index is 1.52. The van der Waals surface area contributed by atoms with E-state index in [1.165, 1.54) is 4.90 Å². The van der Waals surface area contributed by atoms with E-state index < -0.39 is 17.9 Å². The van der Waals surface area contributed by atoms with Gasteiger partial charge in [0.15, 0.2) is 5.78 Å². The van der Waals surface area contributed by atoms with E-state index in [2.05, 4.69) is 4.90 Å². The third-order valence-electron chi connectivity index (χ3n) is 6.58. The second-order valence-corrected chi connectivity index (χ2v) is 8.46. The second-order valence-electron chi connectivity index (χ2n) is 8.02. The highest BCUT2D eigenvalue weighted by atomic mass is 35.5. The number of anilines is 1. The molecule has 0 bridgehead atoms. The van der Waals surface area contributed by atoms with Gasteiger partial charge in [-0.25, -0.2) is 4.90 Å². The maximum Gasteiger partial charge on any atom is 0.239 e. The van der Waals surface area contributed by atoms with Crippen LogP contribution in [0.15, 0.2) is 48.5 Å². The number of halogens is 1. The number of ketones is 1. The van der Waals surface area contributed by atoms with Gasteiger partial charge in [0.05, 0.1) is 30.7 Å². The summed E-state index contributed by atoms with van der Waals surface area (Å²) in [6.45, 7) is 0.728. The summed E-state index contributed by atoms with van der Waals surface area (Å²) in [4.78, 5) is 43.6. The fourth-order valence-electron chi connectivity index (χ4n) is 5.29. The van der Waals surface area contributed by atoms with Crippen molar-refractivity contribution in [2.75, 3.05) is 18.6 Å². The zero-order valence-corrected chi connectivity index (χ0v) is 17.2. The molecule has 5 rings (SSSR count). The van der Waals surface area contributed by atoms with E-state index in [9.17, 15) is 14.4 Å². The molecule has 0 aromatic heterocycles. The highest BCUT2D eigenvalue weighted by Crippen LogP contribution is 2.48. The summed E-state index contributed by atoms with van der Waals surface area (Å²) in [5.41, 5.74) is 1.03. The minimum absolute atomic E-state index is 0.0732. The smallest absolute Gasteiger partial charge is 0.239 e. The molecule has 0 saturated carbocycles. The molecule has 7 heteroatoms. The molecular formula is C23H21ClN2O4. The molecular weight excluding hydrogens is 404 g/mol. The molecule has 2 aromatic rings. The van der Waals surface area contributed by atoms with Crippen LogP contribution < -0.4 is 9.64 Å². The maximum absolute atomic E-state index is 13.5. The van der Waals surface area contributed by atoms with Crippen molar-refractivity contribution in [1.82, 2.24) is 4.90 Å². The number of carbonyl (C=O) groups is 3. The van der Waals surface area contributed by atoms with Crippen LogP contribution in [0.3, 0.4) is 0 Å². The lowest BCUT2D eigenvalue weighted by molar-refractivity contribution is -0.123. The van der Waals surface area contributed by atoms with Gasteiger partial charge in [-0.15, -0.1) is 0 Å². The Labute approximate surface area is 179 Å². The predicted octanol–water partition coefficient (Wildman–Crippen LogP) is 3.18. The van der Waals surface area contributed by atoms with E-state index in [1.807, 2.05) is 0 Å². The Morgan fingerprint density at radius 2 is 1.67 bits per heavy atom. The Bertz CT molecular complexity index is 1020. The molecule has 0 spiro atoms. The van der Waals surface area contributed by atoms with Gasteiger partial charge in [-0.05, 0) is 67.9 Å². The van der Waals surface area contributed by atoms with E-state index in [-0.39, 0.29) is 23.6 Å². The van der Waals surface area contributed by atoms with Gasteiger partial charge in [-0.2, -0.15) is 0 Å². The van der Waals surface area contributed by atoms with E-state index in [0.717, 1.165) is 19.4 Å². The topological polar surface area (TPSA) is 66.9 Å². The lowest BCUT2D eigenvalue weighted by Gasteiger charge is -2.27. The summed E-state index contributed by atoms with van der Waals surface area (Å²) in [6, 6.07) is 12.9. The van der Waals surface area contributed by atoms with Crippen LogP contribution in [0.5, 0.6) is 5.75 Å². The zero-order chi connectivity index (χ0) is 21.0. The first-order valence-electron chi connectivity index (χ1n) is 10.1. The van der Waals surface area contributed by atoms with Crippen molar-refractivity contribution in [1.29, 1.82) is 0 Å². The first kappa shape index (κ1) is 19.3. The van der Waals surface area contributed by atoms with Crippen LogP contribution in [0.4, 0.5) is 5.69 Å². The molecule has 0 aliphatic carbocycles. The van der Waals surface area contributed by atoms with Crippen LogP contribution in [0.1, 0.15) is 23.2 Å². The fourth-order valence-corrected chi connectivity index (χ4v) is 5.41. The summed E-state index contributed by atoms with van der Waals surface area (Å²) in [7, 11) is 1.57. The molecule has 154 valence electrons. The minimum atomic E-state index is -0.659. The summed E-state index contributed by atoms with van der Waals surface area (Å²) in [5, 5.41) is 0.535. The van der Waals surface area contributed by atoms with E-state index in [4.69, 9.17) is 16.3 Å². The number of benzene rings is 2. The lowest BCUT2D eigenvalue weighted by atomic mass is 9.85. The number of imide groups is 1. The second kappa shape index (κ2) is 7.22. The molecule has 3 saturated heterocycles. The number of Topliss-reactive ketones (excluding diaryl/α,β-unsaturated/α-hetero) is 1. The molecule has 0 N–H and O–H groups in total. The normalized spacial score (nSPS) is 28.0. The van der Waals surface area contributed by atoms with Crippen LogP contribution in [0.25, 0.3) is 0 Å². The van der Waals surface area contributed by atoms with Gasteiger partial charge < -0.3 is 4.74 Å². The number of ether oxygens (including phenoxy) is 1. The SMILES string of the molecule is COc1ccc(C(=O)[C@@H]2[C@@H]3C(=O)N(c4ccc(Cl)cc4)C(=O)[C@@H]3[C@@H]3CCCN23)cc1. The molecule has 3 aliphatic rings. The summed E-state index contributed by atoms with van der Waals surface area (Å²) in [5.74, 6) is -1.11. The average molecular weight is 425 g/mol. The lowest BCUT2D eigenvalue weighted by Crippen LogP contribution is -2.46. The van der Waals surface area contributed by atoms with Crippen LogP contribution in [0.2, 0.25) is 5.02 Å². The molecule has 3 aliphatic heterocycles. The third-order valence-corrected chi connectivity index (χ3v) is 6.83.